The number of benzene rings is 2. The summed E-state index contributed by atoms with van der Waals surface area (Å²) in [6, 6.07) is 12.5. The smallest absolute Gasteiger partial charge is 0.294 e. The molecule has 0 aliphatic carbocycles. The van der Waals surface area contributed by atoms with Crippen LogP contribution in [-0.2, 0) is 20.7 Å². The number of phenols is 1. The van der Waals surface area contributed by atoms with Gasteiger partial charge in [0.25, 0.3) is 6.47 Å². The average molecular weight is 378 g/mol. The number of Topliss-reactive ketones (excluding diaryl/α,β-unsaturated/α-hetero) is 1. The number of hydrogen-bond donors (Lipinski definition) is 2. The fraction of sp³-hybridized carbons (Fsp3) is 0.176. The summed E-state index contributed by atoms with van der Waals surface area (Å²) < 4.78 is 5.80. The van der Waals surface area contributed by atoms with Crippen molar-refractivity contribution in [1.29, 1.82) is 0 Å². The minimum atomic E-state index is -1.03. The van der Waals surface area contributed by atoms with Gasteiger partial charge in [-0.3, -0.25) is 9.59 Å². The maximum Gasteiger partial charge on any atom is 0.294 e. The minimum Gasteiger partial charge on any atom is -0.508 e. The number of hydrogen-bond acceptors (Lipinski definition) is 5. The van der Waals surface area contributed by atoms with Crippen LogP contribution >= 0.6 is 15.9 Å². The Hall–Kier alpha value is -2.18. The van der Waals surface area contributed by atoms with Crippen molar-refractivity contribution < 1.29 is 19.4 Å². The number of phenolic OH excluding ortho intramolecular Hbond substituents is 1. The Morgan fingerprint density at radius 1 is 1.17 bits per heavy atom. The molecule has 0 spiro atoms. The fourth-order valence-corrected chi connectivity index (χ4v) is 2.45. The van der Waals surface area contributed by atoms with Crippen molar-refractivity contribution >= 4 is 28.2 Å². The molecule has 0 saturated heterocycles. The third kappa shape index (κ3) is 4.64. The molecule has 0 fully saturated rings. The third-order valence-corrected chi connectivity index (χ3v) is 3.91. The van der Waals surface area contributed by atoms with Crippen molar-refractivity contribution in [3.63, 3.8) is 0 Å². The molecule has 0 amide bonds. The molecule has 0 saturated carbocycles. The van der Waals surface area contributed by atoms with Crippen LogP contribution in [0.25, 0.3) is 0 Å². The second-order valence-electron chi connectivity index (χ2n) is 5.04. The van der Waals surface area contributed by atoms with Gasteiger partial charge in [-0.1, -0.05) is 40.2 Å². The van der Waals surface area contributed by atoms with Gasteiger partial charge in [0.15, 0.2) is 11.9 Å². The van der Waals surface area contributed by atoms with E-state index in [2.05, 4.69) is 15.9 Å². The monoisotopic (exact) mass is 377 g/mol. The molecule has 1 unspecified atom stereocenters. The molecule has 2 aromatic carbocycles. The van der Waals surface area contributed by atoms with E-state index in [0.717, 1.165) is 10.0 Å². The summed E-state index contributed by atoms with van der Waals surface area (Å²) in [5.74, 6) is -0.238. The standard InChI is InChI=1S/C17H16BrNO4/c18-13-5-3-12(4-6-13)17(23-10-20)16(22)15(19)9-11-1-7-14(21)8-2-11/h1-8,10,15,17,21H,9,19H2/t15-,17?/m0/s1. The minimum absolute atomic E-state index is 0.144. The van der Waals surface area contributed by atoms with Gasteiger partial charge in [-0.2, -0.15) is 0 Å². The summed E-state index contributed by atoms with van der Waals surface area (Å²) >= 11 is 3.31. The Balaban J connectivity index is 2.14. The third-order valence-electron chi connectivity index (χ3n) is 3.38. The van der Waals surface area contributed by atoms with E-state index in [1.54, 1.807) is 36.4 Å². The highest BCUT2D eigenvalue weighted by molar-refractivity contribution is 9.10. The molecule has 2 atom stereocenters. The zero-order chi connectivity index (χ0) is 16.8. The summed E-state index contributed by atoms with van der Waals surface area (Å²) in [7, 11) is 0. The first-order chi connectivity index (χ1) is 11.0. The average Bonchev–Trinajstić information content (AvgIpc) is 2.55. The predicted molar refractivity (Wildman–Crippen MR) is 88.8 cm³/mol. The number of nitrogens with two attached hydrogens (primary N) is 1. The van der Waals surface area contributed by atoms with Gasteiger partial charge in [-0.15, -0.1) is 0 Å². The fourth-order valence-electron chi connectivity index (χ4n) is 2.18. The van der Waals surface area contributed by atoms with E-state index in [1.165, 1.54) is 12.1 Å². The van der Waals surface area contributed by atoms with Crippen molar-refractivity contribution in [1.82, 2.24) is 0 Å². The first-order valence-corrected chi connectivity index (χ1v) is 7.72. The topological polar surface area (TPSA) is 89.6 Å². The van der Waals surface area contributed by atoms with E-state index in [9.17, 15) is 14.7 Å². The molecule has 0 radical (unpaired) electrons. The Bertz CT molecular complexity index is 670. The molecular formula is C17H16BrNO4. The normalized spacial score (nSPS) is 13.1. The Kier molecular flexibility index (Phi) is 5.90. The zero-order valence-corrected chi connectivity index (χ0v) is 13.8. The molecular weight excluding hydrogens is 362 g/mol. The molecule has 0 aromatic heterocycles. The summed E-state index contributed by atoms with van der Waals surface area (Å²) in [5, 5.41) is 9.27. The van der Waals surface area contributed by atoms with E-state index < -0.39 is 12.1 Å². The Morgan fingerprint density at radius 2 is 1.78 bits per heavy atom. The number of carbonyl (C=O) groups excluding carboxylic acids is 2. The van der Waals surface area contributed by atoms with Crippen molar-refractivity contribution in [2.24, 2.45) is 5.73 Å². The van der Waals surface area contributed by atoms with E-state index in [0.29, 0.717) is 5.56 Å². The van der Waals surface area contributed by atoms with E-state index in [-0.39, 0.29) is 24.4 Å². The predicted octanol–water partition coefficient (Wildman–Crippen LogP) is 2.51. The van der Waals surface area contributed by atoms with Crippen molar-refractivity contribution in [2.75, 3.05) is 0 Å². The summed E-state index contributed by atoms with van der Waals surface area (Å²) in [4.78, 5) is 23.2. The van der Waals surface area contributed by atoms with Crippen molar-refractivity contribution in [2.45, 2.75) is 18.6 Å². The lowest BCUT2D eigenvalue weighted by Crippen LogP contribution is -2.37. The molecule has 0 bridgehead atoms. The Morgan fingerprint density at radius 3 is 2.35 bits per heavy atom. The van der Waals surface area contributed by atoms with Gasteiger partial charge in [0, 0.05) is 10.0 Å². The van der Waals surface area contributed by atoms with Gasteiger partial charge in [0.1, 0.15) is 5.75 Å². The quantitative estimate of drug-likeness (QED) is 0.723. The van der Waals surface area contributed by atoms with Crippen LogP contribution in [0.1, 0.15) is 17.2 Å². The van der Waals surface area contributed by atoms with Gasteiger partial charge in [-0.25, -0.2) is 0 Å². The molecule has 0 aliphatic heterocycles. The van der Waals surface area contributed by atoms with Crippen LogP contribution in [0.15, 0.2) is 53.0 Å². The van der Waals surface area contributed by atoms with E-state index >= 15 is 0 Å². The maximum atomic E-state index is 12.5. The first kappa shape index (κ1) is 17.2. The number of carbonyl (C=O) groups is 2. The van der Waals surface area contributed by atoms with Crippen molar-refractivity contribution in [3.8, 4) is 5.75 Å². The molecule has 6 heteroatoms. The number of rotatable bonds is 7. The van der Waals surface area contributed by atoms with Crippen molar-refractivity contribution in [3.05, 3.63) is 64.1 Å². The van der Waals surface area contributed by atoms with Gasteiger partial charge in [0.05, 0.1) is 6.04 Å². The molecule has 5 nitrogen and oxygen atoms in total. The van der Waals surface area contributed by atoms with Crippen LogP contribution in [0.5, 0.6) is 5.75 Å². The molecule has 120 valence electrons. The second kappa shape index (κ2) is 7.89. The molecule has 2 aromatic rings. The lowest BCUT2D eigenvalue weighted by Gasteiger charge is -2.19. The van der Waals surface area contributed by atoms with Crippen LogP contribution in [0.2, 0.25) is 0 Å². The SMILES string of the molecule is N[C@@H](Cc1ccc(O)cc1)C(=O)C(OC=O)c1ccc(Br)cc1. The Labute approximate surface area is 142 Å². The summed E-state index contributed by atoms with van der Waals surface area (Å²) in [5.41, 5.74) is 7.34. The molecule has 23 heavy (non-hydrogen) atoms. The van der Waals surface area contributed by atoms with Gasteiger partial charge >= 0.3 is 0 Å². The van der Waals surface area contributed by atoms with Crippen LogP contribution in [0, 0.1) is 0 Å². The molecule has 0 heterocycles. The number of ether oxygens (including phenoxy) is 1. The highest BCUT2D eigenvalue weighted by Gasteiger charge is 2.27. The number of halogens is 1. The van der Waals surface area contributed by atoms with Crippen LogP contribution in [0.4, 0.5) is 0 Å². The lowest BCUT2D eigenvalue weighted by atomic mass is 9.96. The zero-order valence-electron chi connectivity index (χ0n) is 12.2. The largest absolute Gasteiger partial charge is 0.508 e. The van der Waals surface area contributed by atoms with Crippen LogP contribution < -0.4 is 5.73 Å². The second-order valence-corrected chi connectivity index (χ2v) is 5.96. The van der Waals surface area contributed by atoms with Gasteiger partial charge in [-0.05, 0) is 36.2 Å². The van der Waals surface area contributed by atoms with Gasteiger partial charge in [0.2, 0.25) is 0 Å². The molecule has 3 N–H and O–H groups in total. The highest BCUT2D eigenvalue weighted by Crippen LogP contribution is 2.22. The maximum absolute atomic E-state index is 12.5. The molecule has 2 rings (SSSR count). The first-order valence-electron chi connectivity index (χ1n) is 6.93. The molecule has 0 aliphatic rings. The highest BCUT2D eigenvalue weighted by atomic mass is 79.9. The van der Waals surface area contributed by atoms with E-state index in [4.69, 9.17) is 10.5 Å². The summed E-state index contributed by atoms with van der Waals surface area (Å²) in [6.07, 6.45) is -0.748. The van der Waals surface area contributed by atoms with E-state index in [1.807, 2.05) is 0 Å². The number of aromatic hydroxyl groups is 1. The van der Waals surface area contributed by atoms with Crippen LogP contribution in [0.3, 0.4) is 0 Å². The van der Waals surface area contributed by atoms with Gasteiger partial charge < -0.3 is 15.6 Å². The number of ketones is 1. The lowest BCUT2D eigenvalue weighted by molar-refractivity contribution is -0.144. The summed E-state index contributed by atoms with van der Waals surface area (Å²) in [6.45, 7) is 0.248. The van der Waals surface area contributed by atoms with Crippen LogP contribution in [-0.4, -0.2) is 23.4 Å².